The maximum atomic E-state index is 5.97. The number of rotatable bonds is 4. The van der Waals surface area contributed by atoms with E-state index in [1.807, 2.05) is 6.92 Å². The molecule has 1 aromatic carbocycles. The number of hydrogen-bond donors (Lipinski definition) is 1. The average molecular weight is 268 g/mol. The summed E-state index contributed by atoms with van der Waals surface area (Å²) in [6.07, 6.45) is 0.0174. The zero-order chi connectivity index (χ0) is 13.1. The second kappa shape index (κ2) is 5.32. The van der Waals surface area contributed by atoms with E-state index >= 15 is 0 Å². The van der Waals surface area contributed by atoms with Crippen molar-refractivity contribution >= 4 is 17.3 Å². The first-order valence-corrected chi connectivity index (χ1v) is 5.83. The Kier molecular flexibility index (Phi) is 3.78. The molecule has 0 aliphatic rings. The molecule has 0 amide bonds. The van der Waals surface area contributed by atoms with E-state index in [9.17, 15) is 0 Å². The molecule has 2 N–H and O–H groups in total. The molecule has 7 heteroatoms. The van der Waals surface area contributed by atoms with Crippen LogP contribution in [0.4, 0.5) is 5.69 Å². The second-order valence-electron chi connectivity index (χ2n) is 4.00. The number of nitrogens with zero attached hydrogens (tertiary/aromatic N) is 4. The second-order valence-corrected chi connectivity index (χ2v) is 4.44. The van der Waals surface area contributed by atoms with E-state index in [4.69, 9.17) is 22.1 Å². The van der Waals surface area contributed by atoms with Crippen LogP contribution in [0.2, 0.25) is 5.02 Å². The van der Waals surface area contributed by atoms with Crippen molar-refractivity contribution in [1.29, 1.82) is 0 Å². The van der Waals surface area contributed by atoms with Gasteiger partial charge in [-0.25, -0.2) is 4.68 Å². The van der Waals surface area contributed by atoms with Crippen LogP contribution >= 0.6 is 11.6 Å². The molecule has 18 heavy (non-hydrogen) atoms. The molecule has 2 aromatic rings. The molecule has 1 heterocycles. The number of hydrogen-bond acceptors (Lipinski definition) is 5. The molecule has 0 saturated carbocycles. The monoisotopic (exact) mass is 267 g/mol. The van der Waals surface area contributed by atoms with Crippen LogP contribution in [0, 0.1) is 0 Å². The number of nitrogen functional groups attached to an aromatic ring is 1. The highest BCUT2D eigenvalue weighted by Gasteiger charge is 2.12. The normalized spacial score (nSPS) is 12.6. The van der Waals surface area contributed by atoms with E-state index in [-0.39, 0.29) is 6.10 Å². The highest BCUT2D eigenvalue weighted by molar-refractivity contribution is 6.31. The van der Waals surface area contributed by atoms with Gasteiger partial charge >= 0.3 is 0 Å². The molecule has 6 nitrogen and oxygen atoms in total. The number of benzene rings is 1. The van der Waals surface area contributed by atoms with E-state index in [1.54, 1.807) is 30.0 Å². The van der Waals surface area contributed by atoms with E-state index in [2.05, 4.69) is 15.5 Å². The number of tetrazole rings is 1. The van der Waals surface area contributed by atoms with Gasteiger partial charge < -0.3 is 10.5 Å². The number of ether oxygens (including phenoxy) is 1. The predicted molar refractivity (Wildman–Crippen MR) is 69.1 cm³/mol. The average Bonchev–Trinajstić information content (AvgIpc) is 2.75. The van der Waals surface area contributed by atoms with Gasteiger partial charge in [0, 0.05) is 23.4 Å². The molecule has 0 radical (unpaired) electrons. The minimum absolute atomic E-state index is 0.0174. The summed E-state index contributed by atoms with van der Waals surface area (Å²) in [6.45, 7) is 2.50. The third-order valence-electron chi connectivity index (χ3n) is 2.54. The molecule has 1 aromatic heterocycles. The van der Waals surface area contributed by atoms with E-state index < -0.39 is 0 Å². The number of aromatic nitrogens is 4. The van der Waals surface area contributed by atoms with Crippen LogP contribution in [0.5, 0.6) is 0 Å². The Morgan fingerprint density at radius 1 is 1.44 bits per heavy atom. The maximum Gasteiger partial charge on any atom is 0.182 e. The zero-order valence-electron chi connectivity index (χ0n) is 10.2. The third-order valence-corrected chi connectivity index (χ3v) is 2.76. The summed E-state index contributed by atoms with van der Waals surface area (Å²) in [6, 6.07) is 5.24. The molecule has 0 spiro atoms. The van der Waals surface area contributed by atoms with Crippen LogP contribution in [0.15, 0.2) is 18.2 Å². The van der Waals surface area contributed by atoms with Crippen LogP contribution in [-0.2, 0) is 11.3 Å². The SMILES string of the molecule is COC(C)Cn1nnnc1-c1cc(N)cc(Cl)c1. The van der Waals surface area contributed by atoms with Crippen molar-refractivity contribution in [3.63, 3.8) is 0 Å². The number of methoxy groups -OCH3 is 1. The lowest BCUT2D eigenvalue weighted by Gasteiger charge is -2.10. The largest absolute Gasteiger partial charge is 0.399 e. The lowest BCUT2D eigenvalue weighted by atomic mass is 10.2. The van der Waals surface area contributed by atoms with Gasteiger partial charge in [-0.05, 0) is 35.5 Å². The Bertz CT molecular complexity index is 522. The summed E-state index contributed by atoms with van der Waals surface area (Å²) in [5.41, 5.74) is 7.12. The molecular formula is C11H14ClN5O. The topological polar surface area (TPSA) is 78.8 Å². The van der Waals surface area contributed by atoms with Gasteiger partial charge in [0.2, 0.25) is 0 Å². The first kappa shape index (κ1) is 12.8. The summed E-state index contributed by atoms with van der Waals surface area (Å²) < 4.78 is 6.86. The summed E-state index contributed by atoms with van der Waals surface area (Å²) in [7, 11) is 1.64. The Morgan fingerprint density at radius 2 is 2.22 bits per heavy atom. The lowest BCUT2D eigenvalue weighted by Crippen LogP contribution is -2.16. The Hall–Kier alpha value is -1.66. The third kappa shape index (κ3) is 2.77. The quantitative estimate of drug-likeness (QED) is 0.852. The highest BCUT2D eigenvalue weighted by atomic mass is 35.5. The van der Waals surface area contributed by atoms with E-state index in [0.29, 0.717) is 23.1 Å². The summed E-state index contributed by atoms with van der Waals surface area (Å²) >= 11 is 5.97. The van der Waals surface area contributed by atoms with Crippen molar-refractivity contribution in [3.8, 4) is 11.4 Å². The standard InChI is InChI=1S/C11H14ClN5O/c1-7(18-2)6-17-11(14-15-16-17)8-3-9(12)5-10(13)4-8/h3-5,7H,6,13H2,1-2H3. The predicted octanol–water partition coefficient (Wildman–Crippen LogP) is 1.61. The van der Waals surface area contributed by atoms with Gasteiger partial charge in [0.05, 0.1) is 12.6 Å². The van der Waals surface area contributed by atoms with Crippen LogP contribution in [-0.4, -0.2) is 33.4 Å². The summed E-state index contributed by atoms with van der Waals surface area (Å²) in [4.78, 5) is 0. The first-order valence-electron chi connectivity index (χ1n) is 5.45. The Labute approximate surface area is 110 Å². The number of nitrogens with two attached hydrogens (primary N) is 1. The smallest absolute Gasteiger partial charge is 0.182 e. The van der Waals surface area contributed by atoms with Gasteiger partial charge in [0.25, 0.3) is 0 Å². The van der Waals surface area contributed by atoms with Gasteiger partial charge in [-0.3, -0.25) is 0 Å². The van der Waals surface area contributed by atoms with Crippen molar-refractivity contribution in [2.24, 2.45) is 0 Å². The van der Waals surface area contributed by atoms with Crippen LogP contribution in [0.25, 0.3) is 11.4 Å². The zero-order valence-corrected chi connectivity index (χ0v) is 10.9. The fourth-order valence-electron chi connectivity index (χ4n) is 1.59. The molecule has 0 aliphatic carbocycles. The number of halogens is 1. The lowest BCUT2D eigenvalue weighted by molar-refractivity contribution is 0.0997. The maximum absolute atomic E-state index is 5.97. The molecule has 2 rings (SSSR count). The summed E-state index contributed by atoms with van der Waals surface area (Å²) in [5, 5.41) is 12.1. The number of anilines is 1. The molecule has 1 atom stereocenters. The van der Waals surface area contributed by atoms with Crippen molar-refractivity contribution < 1.29 is 4.74 Å². The first-order chi connectivity index (χ1) is 8.60. The fraction of sp³-hybridized carbons (Fsp3) is 0.364. The van der Waals surface area contributed by atoms with E-state index in [0.717, 1.165) is 5.56 Å². The van der Waals surface area contributed by atoms with Crippen LogP contribution < -0.4 is 5.73 Å². The Balaban J connectivity index is 2.36. The minimum atomic E-state index is 0.0174. The molecule has 96 valence electrons. The molecule has 0 fully saturated rings. The van der Waals surface area contributed by atoms with E-state index in [1.165, 1.54) is 0 Å². The van der Waals surface area contributed by atoms with Crippen molar-refractivity contribution in [2.45, 2.75) is 19.6 Å². The van der Waals surface area contributed by atoms with Gasteiger partial charge in [-0.1, -0.05) is 11.6 Å². The van der Waals surface area contributed by atoms with Crippen molar-refractivity contribution in [2.75, 3.05) is 12.8 Å². The Morgan fingerprint density at radius 3 is 2.89 bits per heavy atom. The highest BCUT2D eigenvalue weighted by Crippen LogP contribution is 2.24. The van der Waals surface area contributed by atoms with Gasteiger partial charge in [0.15, 0.2) is 5.82 Å². The van der Waals surface area contributed by atoms with Crippen LogP contribution in [0.3, 0.4) is 0 Å². The minimum Gasteiger partial charge on any atom is -0.399 e. The molecular weight excluding hydrogens is 254 g/mol. The van der Waals surface area contributed by atoms with Gasteiger partial charge in [0.1, 0.15) is 0 Å². The molecule has 0 saturated heterocycles. The summed E-state index contributed by atoms with van der Waals surface area (Å²) in [5.74, 6) is 0.619. The fourth-order valence-corrected chi connectivity index (χ4v) is 1.84. The van der Waals surface area contributed by atoms with Crippen LogP contribution in [0.1, 0.15) is 6.92 Å². The molecule has 0 bridgehead atoms. The van der Waals surface area contributed by atoms with Crippen molar-refractivity contribution in [3.05, 3.63) is 23.2 Å². The molecule has 0 aliphatic heterocycles. The van der Waals surface area contributed by atoms with Crippen molar-refractivity contribution in [1.82, 2.24) is 20.2 Å². The molecule has 1 unspecified atom stereocenters. The van der Waals surface area contributed by atoms with Gasteiger partial charge in [-0.2, -0.15) is 0 Å². The van der Waals surface area contributed by atoms with Gasteiger partial charge in [-0.15, -0.1) is 5.10 Å².